The standard InChI is InChI=1S/C16H21N3O2/c1-3-6-14(20-2)15-18-16(21-19-15)13-9-11-7-4-5-8-12(11)10-17-13/h4-5,7-8,13-14,17H,3,6,9-10H2,1-2H3/t13-,14?/m1/s1. The molecule has 112 valence electrons. The maximum Gasteiger partial charge on any atom is 0.244 e. The quantitative estimate of drug-likeness (QED) is 0.916. The van der Waals surface area contributed by atoms with E-state index in [2.05, 4.69) is 46.6 Å². The van der Waals surface area contributed by atoms with Crippen LogP contribution in [0.4, 0.5) is 0 Å². The van der Waals surface area contributed by atoms with Gasteiger partial charge in [0.25, 0.3) is 0 Å². The van der Waals surface area contributed by atoms with Crippen molar-refractivity contribution in [2.24, 2.45) is 0 Å². The van der Waals surface area contributed by atoms with E-state index in [0.717, 1.165) is 25.8 Å². The molecule has 1 N–H and O–H groups in total. The van der Waals surface area contributed by atoms with Gasteiger partial charge in [-0.1, -0.05) is 42.8 Å². The minimum atomic E-state index is -0.0802. The van der Waals surface area contributed by atoms with Gasteiger partial charge in [0, 0.05) is 13.7 Å². The molecule has 5 nitrogen and oxygen atoms in total. The van der Waals surface area contributed by atoms with Crippen molar-refractivity contribution >= 4 is 0 Å². The molecule has 0 aliphatic carbocycles. The molecule has 3 rings (SSSR count). The zero-order valence-corrected chi connectivity index (χ0v) is 12.5. The summed E-state index contributed by atoms with van der Waals surface area (Å²) >= 11 is 0. The molecule has 0 fully saturated rings. The summed E-state index contributed by atoms with van der Waals surface area (Å²) in [6.07, 6.45) is 2.72. The van der Waals surface area contributed by atoms with E-state index in [4.69, 9.17) is 9.26 Å². The Morgan fingerprint density at radius 2 is 2.19 bits per heavy atom. The zero-order valence-electron chi connectivity index (χ0n) is 12.5. The molecule has 5 heteroatoms. The lowest BCUT2D eigenvalue weighted by molar-refractivity contribution is 0.0854. The molecule has 2 atom stereocenters. The number of fused-ring (bicyclic) bond motifs is 1. The fourth-order valence-corrected chi connectivity index (χ4v) is 2.76. The molecule has 21 heavy (non-hydrogen) atoms. The van der Waals surface area contributed by atoms with Gasteiger partial charge in [0.2, 0.25) is 11.7 Å². The third kappa shape index (κ3) is 2.99. The number of nitrogens with zero attached hydrogens (tertiary/aromatic N) is 2. The van der Waals surface area contributed by atoms with Gasteiger partial charge in [-0.15, -0.1) is 0 Å². The molecule has 1 aliphatic rings. The first-order valence-electron chi connectivity index (χ1n) is 7.48. The lowest BCUT2D eigenvalue weighted by Gasteiger charge is -2.23. The van der Waals surface area contributed by atoms with E-state index in [1.165, 1.54) is 11.1 Å². The summed E-state index contributed by atoms with van der Waals surface area (Å²) in [5.74, 6) is 1.30. The second-order valence-electron chi connectivity index (χ2n) is 5.41. The fourth-order valence-electron chi connectivity index (χ4n) is 2.76. The second-order valence-corrected chi connectivity index (χ2v) is 5.41. The van der Waals surface area contributed by atoms with E-state index in [1.54, 1.807) is 7.11 Å². The predicted molar refractivity (Wildman–Crippen MR) is 78.7 cm³/mol. The van der Waals surface area contributed by atoms with Crippen molar-refractivity contribution in [3.05, 3.63) is 47.1 Å². The van der Waals surface area contributed by atoms with Crippen LogP contribution in [0.15, 0.2) is 28.8 Å². The van der Waals surface area contributed by atoms with Gasteiger partial charge in [-0.05, 0) is 24.0 Å². The van der Waals surface area contributed by atoms with Crippen LogP contribution in [-0.4, -0.2) is 17.3 Å². The molecule has 2 aromatic rings. The van der Waals surface area contributed by atoms with Crippen LogP contribution < -0.4 is 5.32 Å². The van der Waals surface area contributed by atoms with Crippen LogP contribution in [0.25, 0.3) is 0 Å². The van der Waals surface area contributed by atoms with Crippen molar-refractivity contribution in [2.75, 3.05) is 7.11 Å². The van der Waals surface area contributed by atoms with Gasteiger partial charge < -0.3 is 14.6 Å². The third-order valence-electron chi connectivity index (χ3n) is 3.96. The van der Waals surface area contributed by atoms with Gasteiger partial charge in [0.05, 0.1) is 6.04 Å². The zero-order chi connectivity index (χ0) is 14.7. The monoisotopic (exact) mass is 287 g/mol. The Labute approximate surface area is 124 Å². The van der Waals surface area contributed by atoms with Crippen molar-refractivity contribution in [3.63, 3.8) is 0 Å². The average Bonchev–Trinajstić information content (AvgIpc) is 3.02. The molecule has 1 aliphatic heterocycles. The van der Waals surface area contributed by atoms with Crippen LogP contribution in [0, 0.1) is 0 Å². The first kappa shape index (κ1) is 14.2. The summed E-state index contributed by atoms with van der Waals surface area (Å²) in [7, 11) is 1.69. The average molecular weight is 287 g/mol. The van der Waals surface area contributed by atoms with E-state index in [-0.39, 0.29) is 12.1 Å². The van der Waals surface area contributed by atoms with Gasteiger partial charge in [-0.2, -0.15) is 4.98 Å². The van der Waals surface area contributed by atoms with Gasteiger partial charge in [-0.3, -0.25) is 0 Å². The highest BCUT2D eigenvalue weighted by molar-refractivity contribution is 5.30. The molecule has 0 saturated carbocycles. The van der Waals surface area contributed by atoms with Crippen molar-refractivity contribution < 1.29 is 9.26 Å². The summed E-state index contributed by atoms with van der Waals surface area (Å²) < 4.78 is 10.9. The summed E-state index contributed by atoms with van der Waals surface area (Å²) in [5, 5.41) is 7.54. The number of hydrogen-bond acceptors (Lipinski definition) is 5. The van der Waals surface area contributed by atoms with Gasteiger partial charge >= 0.3 is 0 Å². The van der Waals surface area contributed by atoms with Crippen molar-refractivity contribution in [1.82, 2.24) is 15.5 Å². The number of nitrogens with one attached hydrogen (secondary N) is 1. The molecule has 1 unspecified atom stereocenters. The molecule has 2 heterocycles. The number of benzene rings is 1. The summed E-state index contributed by atoms with van der Waals surface area (Å²) in [6.45, 7) is 2.95. The third-order valence-corrected chi connectivity index (χ3v) is 3.96. The second kappa shape index (κ2) is 6.37. The van der Waals surface area contributed by atoms with Crippen LogP contribution >= 0.6 is 0 Å². The first-order chi connectivity index (χ1) is 10.3. The van der Waals surface area contributed by atoms with E-state index >= 15 is 0 Å². The van der Waals surface area contributed by atoms with Crippen LogP contribution in [-0.2, 0) is 17.7 Å². The van der Waals surface area contributed by atoms with E-state index < -0.39 is 0 Å². The number of ether oxygens (including phenoxy) is 1. The molecule has 1 aromatic heterocycles. The van der Waals surface area contributed by atoms with Gasteiger partial charge in [0.1, 0.15) is 6.10 Å². The largest absolute Gasteiger partial charge is 0.373 e. The highest BCUT2D eigenvalue weighted by atomic mass is 16.5. The maximum atomic E-state index is 5.44. The minimum Gasteiger partial charge on any atom is -0.373 e. The molecule has 0 bridgehead atoms. The lowest BCUT2D eigenvalue weighted by atomic mass is 9.96. The number of aromatic nitrogens is 2. The van der Waals surface area contributed by atoms with Gasteiger partial charge in [-0.25, -0.2) is 0 Å². The predicted octanol–water partition coefficient (Wildman–Crippen LogP) is 2.94. The summed E-state index contributed by atoms with van der Waals surface area (Å²) in [4.78, 5) is 4.53. The Hall–Kier alpha value is -1.72. The smallest absolute Gasteiger partial charge is 0.244 e. The maximum absolute atomic E-state index is 5.44. The van der Waals surface area contributed by atoms with Crippen LogP contribution in [0.1, 0.15) is 54.8 Å². The molecule has 0 radical (unpaired) electrons. The molecule has 0 spiro atoms. The fraction of sp³-hybridized carbons (Fsp3) is 0.500. The molecular weight excluding hydrogens is 266 g/mol. The Kier molecular flexibility index (Phi) is 4.31. The van der Waals surface area contributed by atoms with Crippen LogP contribution in [0.5, 0.6) is 0 Å². The van der Waals surface area contributed by atoms with Crippen molar-refractivity contribution in [3.8, 4) is 0 Å². The Morgan fingerprint density at radius 3 is 2.95 bits per heavy atom. The minimum absolute atomic E-state index is 0.0802. The topological polar surface area (TPSA) is 60.2 Å². The summed E-state index contributed by atoms with van der Waals surface area (Å²) in [6, 6.07) is 8.54. The summed E-state index contributed by atoms with van der Waals surface area (Å²) in [5.41, 5.74) is 2.69. The highest BCUT2D eigenvalue weighted by Crippen LogP contribution is 2.26. The SMILES string of the molecule is CCCC(OC)c1noc([C@H]2Cc3ccccc3CN2)n1. The van der Waals surface area contributed by atoms with Crippen LogP contribution in [0.2, 0.25) is 0 Å². The molecule has 0 saturated heterocycles. The van der Waals surface area contributed by atoms with Crippen LogP contribution in [0.3, 0.4) is 0 Å². The first-order valence-corrected chi connectivity index (χ1v) is 7.48. The lowest BCUT2D eigenvalue weighted by Crippen LogP contribution is -2.28. The normalized spacial score (nSPS) is 19.2. The van der Waals surface area contributed by atoms with E-state index in [9.17, 15) is 0 Å². The number of hydrogen-bond donors (Lipinski definition) is 1. The highest BCUT2D eigenvalue weighted by Gasteiger charge is 2.26. The molecule has 1 aromatic carbocycles. The van der Waals surface area contributed by atoms with Crippen molar-refractivity contribution in [1.29, 1.82) is 0 Å². The van der Waals surface area contributed by atoms with Crippen molar-refractivity contribution in [2.45, 2.75) is 44.9 Å². The van der Waals surface area contributed by atoms with E-state index in [0.29, 0.717) is 11.7 Å². The number of methoxy groups -OCH3 is 1. The molecular formula is C16H21N3O2. The van der Waals surface area contributed by atoms with Gasteiger partial charge in [0.15, 0.2) is 0 Å². The Bertz CT molecular complexity index is 597. The Balaban J connectivity index is 1.75. The Morgan fingerprint density at radius 1 is 1.38 bits per heavy atom. The molecule has 0 amide bonds. The number of rotatable bonds is 5. The van der Waals surface area contributed by atoms with E-state index in [1.807, 2.05) is 0 Å².